The third-order valence-corrected chi connectivity index (χ3v) is 20.5. The van der Waals surface area contributed by atoms with Gasteiger partial charge in [0.05, 0.1) is 77.9 Å². The predicted octanol–water partition coefficient (Wildman–Crippen LogP) is 2.19. The molecule has 1 aliphatic carbocycles. The molecule has 2 aromatic carbocycles. The zero-order chi connectivity index (χ0) is 83.3. The first-order chi connectivity index (χ1) is 51.1. The standard InChI is InChI=1S/C28H43N3O8.C26H43N4O8P.C19H36N4O6.CO2/c1-28(2,3)20-11-9-19(10-12-20)13-21(29(4)15-24(32)33)14-30(16-25(34)35)22-7-5-6-8-23(22)31(17-26(36)37)18-27(38)39;1-26(2,3)22-6-4-21(5-7-22)19-39(37,38)20-30-14-12-28(17-24(33)34)10-8-27(16-23(31)32)9-11-29(13-15-30)18-25(35)36;1-19(2,3)15-23-10-8-21(13-17(26)27)6-4-20(12-16(24)25)5-7-22(9-11-23)14-18(28)29;2-1-3/h9-12,21-23H,5-8,13-18H2,1-4H3,(H,32,33)(H,34,35)(H,36,37)(H,38,39);4-7H,8-20H2,1-3H3,(H,31,32)(H,33,34)(H,35,36)(H,37,38);4-15H2,1-3H3,(H,24,25)(H,26,27)(H,28,29);. The van der Waals surface area contributed by atoms with Crippen molar-refractivity contribution in [2.45, 2.75) is 130 Å². The van der Waals surface area contributed by atoms with Gasteiger partial charge in [-0.1, -0.05) is 124 Å². The van der Waals surface area contributed by atoms with Crippen molar-refractivity contribution in [2.75, 3.05) is 197 Å². The molecule has 0 amide bonds. The van der Waals surface area contributed by atoms with Gasteiger partial charge in [-0.3, -0.25) is 102 Å². The highest BCUT2D eigenvalue weighted by atomic mass is 31.2. The Labute approximate surface area is 645 Å². The van der Waals surface area contributed by atoms with Crippen LogP contribution >= 0.6 is 7.37 Å². The largest absolute Gasteiger partial charge is 0.480 e. The monoisotopic (exact) mass is 1580 g/mol. The summed E-state index contributed by atoms with van der Waals surface area (Å²) in [6, 6.07) is 14.6. The number of aliphatic carboxylic acids is 10. The molecule has 0 radical (unpaired) electrons. The molecule has 0 spiro atoms. The smallest absolute Gasteiger partial charge is 0.373 e. The molecule has 4 unspecified atom stereocenters. The fourth-order valence-corrected chi connectivity index (χ4v) is 15.2. The summed E-state index contributed by atoms with van der Waals surface area (Å²) in [4.78, 5) is 161. The van der Waals surface area contributed by atoms with Crippen molar-refractivity contribution in [1.29, 1.82) is 0 Å². The first-order valence-electron chi connectivity index (χ1n) is 36.8. The van der Waals surface area contributed by atoms with Gasteiger partial charge < -0.3 is 60.9 Å². The van der Waals surface area contributed by atoms with Crippen LogP contribution in [0.1, 0.15) is 110 Å². The van der Waals surface area contributed by atoms with Crippen molar-refractivity contribution in [2.24, 2.45) is 5.41 Å². The van der Waals surface area contributed by atoms with E-state index in [2.05, 4.69) is 67.2 Å². The summed E-state index contributed by atoms with van der Waals surface area (Å²) < 4.78 is 13.3. The van der Waals surface area contributed by atoms with Crippen LogP contribution in [-0.4, -0.2) is 390 Å². The van der Waals surface area contributed by atoms with E-state index < -0.39 is 92.2 Å². The highest BCUT2D eigenvalue weighted by Crippen LogP contribution is 2.45. The van der Waals surface area contributed by atoms with E-state index in [1.807, 2.05) is 58.3 Å². The van der Waals surface area contributed by atoms with Crippen molar-refractivity contribution in [3.63, 3.8) is 0 Å². The highest BCUT2D eigenvalue weighted by molar-refractivity contribution is 7.57. The fraction of sp³-hybridized carbons (Fsp3) is 0.689. The zero-order valence-corrected chi connectivity index (χ0v) is 66.6. The predicted molar refractivity (Wildman–Crippen MR) is 405 cm³/mol. The van der Waals surface area contributed by atoms with Gasteiger partial charge in [0.2, 0.25) is 7.37 Å². The van der Waals surface area contributed by atoms with Crippen molar-refractivity contribution in [3.8, 4) is 0 Å². The van der Waals surface area contributed by atoms with Gasteiger partial charge in [0.1, 0.15) is 0 Å². The molecule has 3 fully saturated rings. The third-order valence-electron chi connectivity index (χ3n) is 18.8. The third kappa shape index (κ3) is 43.8. The van der Waals surface area contributed by atoms with Crippen molar-refractivity contribution in [1.82, 2.24) is 53.9 Å². The number of carboxylic acids is 10. The lowest BCUT2D eigenvalue weighted by Gasteiger charge is -2.45. The second kappa shape index (κ2) is 48.9. The molecule has 110 heavy (non-hydrogen) atoms. The summed E-state index contributed by atoms with van der Waals surface area (Å²) in [5.74, 6) is -10.2. The van der Waals surface area contributed by atoms with Gasteiger partial charge in [0, 0.05) is 136 Å². The summed E-state index contributed by atoms with van der Waals surface area (Å²) in [7, 11) is -1.96. The number of rotatable bonds is 32. The van der Waals surface area contributed by atoms with Crippen LogP contribution in [-0.2, 0) is 85.5 Å². The minimum absolute atomic E-state index is 0.00421. The topological polar surface area (TPSA) is 480 Å². The Balaban J connectivity index is 0.000000556. The molecule has 2 heterocycles. The number of carbonyl (C=O) groups excluding carboxylic acids is 2. The highest BCUT2D eigenvalue weighted by Gasteiger charge is 2.39. The maximum atomic E-state index is 13.3. The quantitative estimate of drug-likeness (QED) is 0.0468. The SMILES string of the molecule is CC(C)(C)CN1CCN(CC(=O)O)CCN(CC(=O)O)CCN(CC(=O)O)CC1.CC(C)(C)c1ccc(CP(=O)(O)CN2CCN(CC(=O)O)CCN(CC(=O)O)CCN(CC(=O)O)CC2)cc1.CN(CC(=O)O)C(Cc1ccc(C(C)(C)C)cc1)CN(CC(=O)O)C1CCCCC1N(CC(=O)O)CC(=O)O.O=C=O. The minimum Gasteiger partial charge on any atom is -0.480 e. The Bertz CT molecular complexity index is 3230. The molecular weight excluding hydrogens is 1460 g/mol. The number of likely N-dealkylation sites (N-methyl/N-ethyl adjacent to an activating group) is 1. The molecule has 35 nitrogen and oxygen atoms in total. The van der Waals surface area contributed by atoms with Gasteiger partial charge in [-0.25, -0.2) is 0 Å². The second-order valence-electron chi connectivity index (χ2n) is 31.7. The van der Waals surface area contributed by atoms with Crippen LogP contribution in [0.15, 0.2) is 48.5 Å². The van der Waals surface area contributed by atoms with Crippen LogP contribution in [0.4, 0.5) is 0 Å². The zero-order valence-electron chi connectivity index (χ0n) is 65.7. The molecule has 5 rings (SSSR count). The van der Waals surface area contributed by atoms with E-state index in [-0.39, 0.29) is 99.8 Å². The summed E-state index contributed by atoms with van der Waals surface area (Å²) in [6.07, 6.45) is 3.33. The number of carboxylic acid groups (broad SMARTS) is 10. The maximum absolute atomic E-state index is 13.3. The lowest BCUT2D eigenvalue weighted by atomic mass is 9.86. The second-order valence-corrected chi connectivity index (χ2v) is 34.0. The Kier molecular flexibility index (Phi) is 43.7. The molecule has 2 aliphatic heterocycles. The number of nitrogens with zero attached hydrogens (tertiary/aromatic N) is 11. The van der Waals surface area contributed by atoms with E-state index in [4.69, 9.17) is 14.7 Å². The van der Waals surface area contributed by atoms with E-state index >= 15 is 0 Å². The van der Waals surface area contributed by atoms with Crippen LogP contribution in [0.5, 0.6) is 0 Å². The van der Waals surface area contributed by atoms with Gasteiger partial charge in [-0.2, -0.15) is 9.59 Å². The van der Waals surface area contributed by atoms with E-state index in [0.29, 0.717) is 124 Å². The summed E-state index contributed by atoms with van der Waals surface area (Å²) in [5.41, 5.74) is 4.03. The number of carbonyl (C=O) groups is 10. The van der Waals surface area contributed by atoms with Crippen LogP contribution in [0, 0.1) is 5.41 Å². The van der Waals surface area contributed by atoms with E-state index in [0.717, 1.165) is 41.6 Å². The Morgan fingerprint density at radius 1 is 0.409 bits per heavy atom. The van der Waals surface area contributed by atoms with Crippen LogP contribution < -0.4 is 0 Å². The van der Waals surface area contributed by atoms with Crippen molar-refractivity contribution >= 4 is 73.2 Å². The van der Waals surface area contributed by atoms with Gasteiger partial charge in [0.15, 0.2) is 0 Å². The van der Waals surface area contributed by atoms with E-state index in [1.165, 1.54) is 4.90 Å². The lowest BCUT2D eigenvalue weighted by molar-refractivity contribution is -0.192. The first kappa shape index (κ1) is 98.3. The Hall–Kier alpha value is -7.73. The van der Waals surface area contributed by atoms with Crippen LogP contribution in [0.3, 0.4) is 0 Å². The minimum atomic E-state index is -3.65. The molecule has 36 heteroatoms. The molecule has 2 aromatic rings. The molecular formula is C74H122N11O24P. The fourth-order valence-electron chi connectivity index (χ4n) is 13.4. The van der Waals surface area contributed by atoms with Crippen molar-refractivity contribution in [3.05, 3.63) is 70.8 Å². The van der Waals surface area contributed by atoms with E-state index in [9.17, 15) is 103 Å². The van der Waals surface area contributed by atoms with Gasteiger partial charge in [-0.05, 0) is 64.8 Å². The number of benzene rings is 2. The molecule has 2 saturated heterocycles. The average Bonchev–Trinajstić information content (AvgIpc) is 0.812. The summed E-state index contributed by atoms with van der Waals surface area (Å²) >= 11 is 0. The molecule has 4 atom stereocenters. The summed E-state index contributed by atoms with van der Waals surface area (Å²) in [6.45, 7) is 24.2. The average molecular weight is 1580 g/mol. The molecule has 0 aromatic heterocycles. The Morgan fingerprint density at radius 2 is 0.673 bits per heavy atom. The molecule has 0 bridgehead atoms. The normalized spacial score (nSPS) is 18.9. The molecule has 1 saturated carbocycles. The van der Waals surface area contributed by atoms with Crippen LogP contribution in [0.2, 0.25) is 0 Å². The first-order valence-corrected chi connectivity index (χ1v) is 38.8. The molecule has 622 valence electrons. The number of hydrogen-bond donors (Lipinski definition) is 11. The van der Waals surface area contributed by atoms with E-state index in [1.54, 1.807) is 41.3 Å². The van der Waals surface area contributed by atoms with Gasteiger partial charge >= 0.3 is 65.8 Å². The van der Waals surface area contributed by atoms with Crippen molar-refractivity contribution < 1.29 is 118 Å². The van der Waals surface area contributed by atoms with Gasteiger partial charge in [-0.15, -0.1) is 0 Å². The lowest BCUT2D eigenvalue weighted by Crippen LogP contribution is -2.59. The molecule has 11 N–H and O–H groups in total. The van der Waals surface area contributed by atoms with Gasteiger partial charge in [0.25, 0.3) is 0 Å². The summed E-state index contributed by atoms with van der Waals surface area (Å²) in [5, 5.41) is 93.7. The van der Waals surface area contributed by atoms with Crippen LogP contribution in [0.25, 0.3) is 0 Å². The molecule has 3 aliphatic rings. The maximum Gasteiger partial charge on any atom is 0.373 e. The Morgan fingerprint density at radius 3 is 0.945 bits per heavy atom. The number of hydrogen-bond acceptors (Lipinski definition) is 24.